The van der Waals surface area contributed by atoms with E-state index < -0.39 is 34.5 Å². The number of rotatable bonds is 4. The highest BCUT2D eigenvalue weighted by atomic mass is 19.4. The SMILES string of the molecule is CC1COC(=O)O1.CCCCO.CCO.CN1OCCN(c2ccc([N+](=O)[O-])c(C(F)(F)F)c2)C1=O. The normalized spacial score (nSPS) is 16.9. The molecule has 0 aromatic heterocycles. The standard InChI is InChI=1S/C11H10F3N3O4.C4H6O3.C4H10O.C2H6O/c1-15-10(18)16(4-5-21-15)7-2-3-9(17(19)20)8(6-7)11(12,13)14;1-3-2-6-4(5)7-3;1-2-3-4-5;1-2-3/h2-3,6H,4-5H2,1H3;3H,2H2,1H3;5H,2-4H2,1H3;3H,2H2,1H3. The number of ether oxygens (including phenoxy) is 2. The van der Waals surface area contributed by atoms with Crippen molar-refractivity contribution in [1.82, 2.24) is 5.06 Å². The number of benzene rings is 1. The maximum absolute atomic E-state index is 12.9. The Kier molecular flexibility index (Phi) is 15.0. The van der Waals surface area contributed by atoms with Gasteiger partial charge in [0.1, 0.15) is 18.3 Å². The van der Waals surface area contributed by atoms with Gasteiger partial charge in [0, 0.05) is 32.0 Å². The van der Waals surface area contributed by atoms with Crippen molar-refractivity contribution in [2.45, 2.75) is 45.9 Å². The number of alkyl halides is 3. The molecule has 1 aromatic carbocycles. The second kappa shape index (κ2) is 16.5. The summed E-state index contributed by atoms with van der Waals surface area (Å²) in [5.41, 5.74) is -2.53. The molecule has 1 atom stereocenters. The molecule has 36 heavy (non-hydrogen) atoms. The van der Waals surface area contributed by atoms with Gasteiger partial charge in [-0.1, -0.05) is 13.3 Å². The Balaban J connectivity index is 0.000000664. The summed E-state index contributed by atoms with van der Waals surface area (Å²) >= 11 is 0. The molecular formula is C21H32F3N3O9. The number of carbonyl (C=O) groups excluding carboxylic acids is 2. The Morgan fingerprint density at radius 1 is 1.22 bits per heavy atom. The second-order valence-electron chi connectivity index (χ2n) is 7.10. The number of aliphatic hydroxyl groups excluding tert-OH is 2. The number of cyclic esters (lactones) is 2. The summed E-state index contributed by atoms with van der Waals surface area (Å²) < 4.78 is 47.6. The fourth-order valence-corrected chi connectivity index (χ4v) is 2.48. The Bertz CT molecular complexity index is 839. The van der Waals surface area contributed by atoms with Crippen LogP contribution in [0.25, 0.3) is 0 Å². The van der Waals surface area contributed by atoms with Crippen molar-refractivity contribution in [2.24, 2.45) is 0 Å². The highest BCUT2D eigenvalue weighted by molar-refractivity contribution is 5.92. The van der Waals surface area contributed by atoms with Crippen molar-refractivity contribution in [3.8, 4) is 0 Å². The summed E-state index contributed by atoms with van der Waals surface area (Å²) in [4.78, 5) is 37.4. The van der Waals surface area contributed by atoms with E-state index in [-0.39, 0.29) is 31.5 Å². The number of hydrogen-bond donors (Lipinski definition) is 2. The Morgan fingerprint density at radius 2 is 1.83 bits per heavy atom. The third-order valence-electron chi connectivity index (χ3n) is 4.14. The van der Waals surface area contributed by atoms with Crippen molar-refractivity contribution >= 4 is 23.6 Å². The summed E-state index contributed by atoms with van der Waals surface area (Å²) in [6.45, 7) is 6.68. The van der Waals surface area contributed by atoms with Crippen LogP contribution in [0.1, 0.15) is 39.2 Å². The van der Waals surface area contributed by atoms with E-state index in [9.17, 15) is 32.9 Å². The van der Waals surface area contributed by atoms with Crippen LogP contribution in [0, 0.1) is 10.1 Å². The average Bonchev–Trinajstić information content (AvgIpc) is 3.19. The lowest BCUT2D eigenvalue weighted by atomic mass is 10.1. The van der Waals surface area contributed by atoms with Crippen LogP contribution in [-0.4, -0.2) is 78.5 Å². The van der Waals surface area contributed by atoms with Gasteiger partial charge >= 0.3 is 18.4 Å². The van der Waals surface area contributed by atoms with E-state index in [0.29, 0.717) is 19.3 Å². The van der Waals surface area contributed by atoms with Crippen LogP contribution in [-0.2, 0) is 20.5 Å². The summed E-state index contributed by atoms with van der Waals surface area (Å²) in [5.74, 6) is 0. The topological polar surface area (TPSA) is 152 Å². The minimum atomic E-state index is -4.89. The molecule has 0 bridgehead atoms. The summed E-state index contributed by atoms with van der Waals surface area (Å²) in [7, 11) is 1.32. The van der Waals surface area contributed by atoms with Crippen LogP contribution in [0.2, 0.25) is 0 Å². The first-order valence-corrected chi connectivity index (χ1v) is 10.9. The first-order chi connectivity index (χ1) is 16.8. The summed E-state index contributed by atoms with van der Waals surface area (Å²) in [6, 6.07) is 1.78. The maximum Gasteiger partial charge on any atom is 0.508 e. The molecule has 2 N–H and O–H groups in total. The minimum absolute atomic E-state index is 0.0486. The Hall–Kier alpha value is -3.17. The summed E-state index contributed by atoms with van der Waals surface area (Å²) in [6.07, 6.45) is -3.45. The zero-order chi connectivity index (χ0) is 27.9. The van der Waals surface area contributed by atoms with E-state index in [1.165, 1.54) is 7.05 Å². The van der Waals surface area contributed by atoms with E-state index in [1.807, 2.05) is 0 Å². The molecule has 206 valence electrons. The molecule has 2 saturated heterocycles. The lowest BCUT2D eigenvalue weighted by Gasteiger charge is -2.32. The maximum atomic E-state index is 12.9. The van der Waals surface area contributed by atoms with Crippen molar-refractivity contribution in [3.63, 3.8) is 0 Å². The number of halogens is 3. The number of carbonyl (C=O) groups is 2. The molecule has 2 fully saturated rings. The molecule has 2 amide bonds. The zero-order valence-electron chi connectivity index (χ0n) is 20.5. The fourth-order valence-electron chi connectivity index (χ4n) is 2.48. The van der Waals surface area contributed by atoms with Crippen LogP contribution in [0.3, 0.4) is 0 Å². The van der Waals surface area contributed by atoms with Gasteiger partial charge in [-0.25, -0.2) is 14.7 Å². The molecule has 0 spiro atoms. The number of urea groups is 1. The van der Waals surface area contributed by atoms with Gasteiger partial charge < -0.3 is 19.7 Å². The second-order valence-corrected chi connectivity index (χ2v) is 7.10. The largest absolute Gasteiger partial charge is 0.508 e. The molecule has 2 heterocycles. The lowest BCUT2D eigenvalue weighted by molar-refractivity contribution is -0.388. The summed E-state index contributed by atoms with van der Waals surface area (Å²) in [5, 5.41) is 27.2. The van der Waals surface area contributed by atoms with Gasteiger partial charge in [-0.3, -0.25) is 19.9 Å². The number of unbranched alkanes of at least 4 members (excludes halogenated alkanes) is 1. The Labute approximate surface area is 206 Å². The molecule has 1 unspecified atom stereocenters. The number of nitro benzene ring substituents is 1. The third-order valence-corrected chi connectivity index (χ3v) is 4.14. The smallest absolute Gasteiger partial charge is 0.430 e. The lowest BCUT2D eigenvalue weighted by Crippen LogP contribution is -2.48. The van der Waals surface area contributed by atoms with Gasteiger partial charge in [0.15, 0.2) is 0 Å². The van der Waals surface area contributed by atoms with E-state index in [0.717, 1.165) is 34.9 Å². The van der Waals surface area contributed by atoms with E-state index in [1.54, 1.807) is 13.8 Å². The number of anilines is 1. The molecule has 0 saturated carbocycles. The number of hydroxylamine groups is 2. The van der Waals surface area contributed by atoms with E-state index in [4.69, 9.17) is 15.1 Å². The zero-order valence-corrected chi connectivity index (χ0v) is 20.5. The van der Waals surface area contributed by atoms with Crippen molar-refractivity contribution in [2.75, 3.05) is 44.9 Å². The highest BCUT2D eigenvalue weighted by Gasteiger charge is 2.39. The Morgan fingerprint density at radius 3 is 2.19 bits per heavy atom. The van der Waals surface area contributed by atoms with Crippen molar-refractivity contribution in [3.05, 3.63) is 33.9 Å². The molecule has 0 aliphatic carbocycles. The van der Waals surface area contributed by atoms with Gasteiger partial charge in [0.25, 0.3) is 5.69 Å². The molecule has 12 nitrogen and oxygen atoms in total. The van der Waals surface area contributed by atoms with E-state index >= 15 is 0 Å². The number of nitro groups is 1. The average molecular weight is 527 g/mol. The van der Waals surface area contributed by atoms with E-state index in [2.05, 4.69) is 16.4 Å². The molecule has 2 aliphatic rings. The first-order valence-electron chi connectivity index (χ1n) is 10.9. The van der Waals surface area contributed by atoms with Gasteiger partial charge in [0.05, 0.1) is 18.1 Å². The number of aliphatic hydroxyl groups is 2. The highest BCUT2D eigenvalue weighted by Crippen LogP contribution is 2.38. The van der Waals surface area contributed by atoms with Gasteiger partial charge in [-0.2, -0.15) is 13.2 Å². The van der Waals surface area contributed by atoms with Crippen LogP contribution < -0.4 is 4.90 Å². The fraction of sp³-hybridized carbons (Fsp3) is 0.619. The van der Waals surface area contributed by atoms with Crippen LogP contribution in [0.4, 0.5) is 34.1 Å². The monoisotopic (exact) mass is 527 g/mol. The molecule has 3 rings (SSSR count). The molecule has 1 aromatic rings. The number of nitrogens with zero attached hydrogens (tertiary/aromatic N) is 3. The third kappa shape index (κ3) is 11.5. The van der Waals surface area contributed by atoms with Crippen molar-refractivity contribution < 1.29 is 52.2 Å². The van der Waals surface area contributed by atoms with Crippen molar-refractivity contribution in [1.29, 1.82) is 0 Å². The van der Waals surface area contributed by atoms with Gasteiger partial charge in [0.2, 0.25) is 0 Å². The molecule has 0 radical (unpaired) electrons. The number of hydrogen-bond acceptors (Lipinski definition) is 9. The quantitative estimate of drug-likeness (QED) is 0.339. The minimum Gasteiger partial charge on any atom is -0.430 e. The predicted molar refractivity (Wildman–Crippen MR) is 121 cm³/mol. The predicted octanol–water partition coefficient (Wildman–Crippen LogP) is 3.74. The van der Waals surface area contributed by atoms with Crippen LogP contribution in [0.15, 0.2) is 18.2 Å². The number of amides is 2. The van der Waals surface area contributed by atoms with Crippen LogP contribution in [0.5, 0.6) is 0 Å². The molecule has 2 aliphatic heterocycles. The molecule has 15 heteroatoms. The van der Waals surface area contributed by atoms with Gasteiger partial charge in [-0.15, -0.1) is 0 Å². The van der Waals surface area contributed by atoms with Crippen LogP contribution >= 0.6 is 0 Å². The first kappa shape index (κ1) is 32.8. The molecular weight excluding hydrogens is 495 g/mol. The van der Waals surface area contributed by atoms with Gasteiger partial charge in [-0.05, 0) is 32.4 Å².